The van der Waals surface area contributed by atoms with Gasteiger partial charge in [0.25, 0.3) is 0 Å². The number of aliphatic hydroxyl groups excluding tert-OH is 3. The van der Waals surface area contributed by atoms with E-state index in [1.165, 1.54) is 6.07 Å². The van der Waals surface area contributed by atoms with E-state index >= 15 is 0 Å². The van der Waals surface area contributed by atoms with Crippen LogP contribution in [0.5, 0.6) is 5.75 Å². The zero-order chi connectivity index (χ0) is 20.5. The van der Waals surface area contributed by atoms with Crippen LogP contribution in [-0.4, -0.2) is 57.7 Å². The topological polar surface area (TPSA) is 99.4 Å². The van der Waals surface area contributed by atoms with Crippen molar-refractivity contribution in [2.45, 2.75) is 36.6 Å². The van der Waals surface area contributed by atoms with Crippen LogP contribution >= 0.6 is 24.2 Å². The van der Waals surface area contributed by atoms with Crippen molar-refractivity contribution in [1.29, 1.82) is 0 Å². The summed E-state index contributed by atoms with van der Waals surface area (Å²) in [5.41, 5.74) is 1.91. The molecule has 1 aliphatic rings. The fourth-order valence-corrected chi connectivity index (χ4v) is 3.76. The number of thiol groups is 1. The minimum absolute atomic E-state index is 0.0551. The molecule has 152 valence electrons. The largest absolute Gasteiger partial charge is 0.497 e. The lowest BCUT2D eigenvalue weighted by Gasteiger charge is -2.45. The van der Waals surface area contributed by atoms with Gasteiger partial charge in [-0.1, -0.05) is 29.8 Å². The molecule has 1 saturated heterocycles. The highest BCUT2D eigenvalue weighted by Gasteiger charge is 2.53. The van der Waals surface area contributed by atoms with Crippen LogP contribution in [0.3, 0.4) is 0 Å². The second-order valence-corrected chi connectivity index (χ2v) is 7.56. The third-order valence-corrected chi connectivity index (χ3v) is 5.71. The summed E-state index contributed by atoms with van der Waals surface area (Å²) in [6, 6.07) is 12.2. The first-order valence-corrected chi connectivity index (χ1v) is 9.78. The molecule has 0 radical (unpaired) electrons. The summed E-state index contributed by atoms with van der Waals surface area (Å²) in [6.07, 6.45) is -5.17. The molecule has 2 aromatic carbocycles. The highest BCUT2D eigenvalue weighted by Crippen LogP contribution is 2.38. The summed E-state index contributed by atoms with van der Waals surface area (Å²) in [7, 11) is 1.59. The van der Waals surface area contributed by atoms with Gasteiger partial charge in [-0.25, -0.2) is 0 Å². The molecule has 1 heterocycles. The van der Waals surface area contributed by atoms with Crippen molar-refractivity contribution in [3.8, 4) is 5.75 Å². The number of benzene rings is 2. The Morgan fingerprint density at radius 3 is 2.39 bits per heavy atom. The molecule has 5 atom stereocenters. The highest BCUT2D eigenvalue weighted by atomic mass is 35.5. The Labute approximate surface area is 173 Å². The average Bonchev–Trinajstić information content (AvgIpc) is 2.71. The van der Waals surface area contributed by atoms with E-state index in [2.05, 4.69) is 12.6 Å². The zero-order valence-electron chi connectivity index (χ0n) is 15.2. The minimum atomic E-state index is -2.20. The fourth-order valence-electron chi connectivity index (χ4n) is 3.29. The Morgan fingerprint density at radius 1 is 1.11 bits per heavy atom. The minimum Gasteiger partial charge on any atom is -0.497 e. The van der Waals surface area contributed by atoms with Gasteiger partial charge in [0.15, 0.2) is 0 Å². The van der Waals surface area contributed by atoms with Crippen LogP contribution in [0.4, 0.5) is 0 Å². The van der Waals surface area contributed by atoms with E-state index in [0.29, 0.717) is 17.0 Å². The molecule has 3 rings (SSSR count). The Kier molecular flexibility index (Phi) is 6.56. The van der Waals surface area contributed by atoms with Gasteiger partial charge >= 0.3 is 0 Å². The van der Waals surface area contributed by atoms with Gasteiger partial charge in [0.1, 0.15) is 24.1 Å². The van der Waals surface area contributed by atoms with Crippen molar-refractivity contribution >= 4 is 24.2 Å². The SMILES string of the molecule is COc1ccc(Cc2cc([C@]3(O)O[C@H](CS)[C@@H](O)[C@H](O)[C@H]3O)ccc2Cl)cc1. The summed E-state index contributed by atoms with van der Waals surface area (Å²) in [6.45, 7) is 0. The molecular formula is C20H23ClO6S. The van der Waals surface area contributed by atoms with Crippen molar-refractivity contribution in [1.82, 2.24) is 0 Å². The predicted molar refractivity (Wildman–Crippen MR) is 108 cm³/mol. The van der Waals surface area contributed by atoms with E-state index < -0.39 is 30.2 Å². The number of ether oxygens (including phenoxy) is 2. The van der Waals surface area contributed by atoms with E-state index in [-0.39, 0.29) is 11.3 Å². The molecule has 6 nitrogen and oxygen atoms in total. The maximum Gasteiger partial charge on any atom is 0.222 e. The smallest absolute Gasteiger partial charge is 0.222 e. The third kappa shape index (κ3) is 4.02. The normalized spacial score (nSPS) is 30.2. The van der Waals surface area contributed by atoms with Gasteiger partial charge in [0, 0.05) is 16.3 Å². The van der Waals surface area contributed by atoms with Crippen LogP contribution in [0.25, 0.3) is 0 Å². The third-order valence-electron chi connectivity index (χ3n) is 4.98. The van der Waals surface area contributed by atoms with Crippen LogP contribution in [0.2, 0.25) is 5.02 Å². The highest BCUT2D eigenvalue weighted by molar-refractivity contribution is 7.80. The van der Waals surface area contributed by atoms with Gasteiger partial charge in [-0.2, -0.15) is 12.6 Å². The molecule has 0 aliphatic carbocycles. The van der Waals surface area contributed by atoms with E-state index in [4.69, 9.17) is 21.1 Å². The number of rotatable bonds is 5. The molecule has 4 N–H and O–H groups in total. The monoisotopic (exact) mass is 426 g/mol. The zero-order valence-corrected chi connectivity index (χ0v) is 16.8. The van der Waals surface area contributed by atoms with Gasteiger partial charge in [-0.3, -0.25) is 0 Å². The molecule has 0 amide bonds. The molecule has 0 saturated carbocycles. The van der Waals surface area contributed by atoms with Crippen molar-refractivity contribution in [3.05, 3.63) is 64.2 Å². The van der Waals surface area contributed by atoms with Crippen LogP contribution in [0.1, 0.15) is 16.7 Å². The summed E-state index contributed by atoms with van der Waals surface area (Å²) >= 11 is 10.4. The van der Waals surface area contributed by atoms with Gasteiger partial charge < -0.3 is 29.9 Å². The second kappa shape index (κ2) is 8.59. The molecule has 2 aromatic rings. The molecule has 0 bridgehead atoms. The number of hydrogen-bond donors (Lipinski definition) is 5. The second-order valence-electron chi connectivity index (χ2n) is 6.79. The lowest BCUT2D eigenvalue weighted by molar-refractivity contribution is -0.350. The Morgan fingerprint density at radius 2 is 1.79 bits per heavy atom. The summed E-state index contributed by atoms with van der Waals surface area (Å²) in [4.78, 5) is 0. The molecule has 0 spiro atoms. The van der Waals surface area contributed by atoms with Crippen molar-refractivity contribution in [2.75, 3.05) is 12.9 Å². The number of halogens is 1. The maximum atomic E-state index is 11.0. The standard InChI is InChI=1S/C20H23ClO6S/c1-26-14-5-2-11(3-6-14)8-12-9-13(4-7-15(12)21)20(25)19(24)18(23)17(22)16(10-28)27-20/h2-7,9,16-19,22-25,28H,8,10H2,1H3/t16-,17-,18+,19-,20+/m1/s1. The average molecular weight is 427 g/mol. The first-order chi connectivity index (χ1) is 13.3. The summed E-state index contributed by atoms with van der Waals surface area (Å²) in [5.74, 6) is -1.41. The molecule has 1 fully saturated rings. The van der Waals surface area contributed by atoms with E-state index in [0.717, 1.165) is 11.3 Å². The first kappa shape index (κ1) is 21.4. The maximum absolute atomic E-state index is 11.0. The van der Waals surface area contributed by atoms with Gasteiger partial charge in [0.05, 0.1) is 13.2 Å². The van der Waals surface area contributed by atoms with Crippen LogP contribution in [0.15, 0.2) is 42.5 Å². The number of hydrogen-bond acceptors (Lipinski definition) is 7. The van der Waals surface area contributed by atoms with E-state index in [1.54, 1.807) is 19.2 Å². The molecule has 28 heavy (non-hydrogen) atoms. The van der Waals surface area contributed by atoms with Crippen LogP contribution < -0.4 is 4.74 Å². The first-order valence-electron chi connectivity index (χ1n) is 8.77. The fraction of sp³-hybridized carbons (Fsp3) is 0.400. The summed E-state index contributed by atoms with van der Waals surface area (Å²) in [5, 5.41) is 42.0. The summed E-state index contributed by atoms with van der Waals surface area (Å²) < 4.78 is 10.7. The quantitative estimate of drug-likeness (QED) is 0.465. The van der Waals surface area contributed by atoms with Gasteiger partial charge in [0.2, 0.25) is 5.79 Å². The van der Waals surface area contributed by atoms with E-state index in [9.17, 15) is 20.4 Å². The van der Waals surface area contributed by atoms with Crippen LogP contribution in [0, 0.1) is 0 Å². The predicted octanol–water partition coefficient (Wildman–Crippen LogP) is 1.50. The molecule has 1 aliphatic heterocycles. The lowest BCUT2D eigenvalue weighted by atomic mass is 9.87. The van der Waals surface area contributed by atoms with Gasteiger partial charge in [-0.05, 0) is 41.8 Å². The van der Waals surface area contributed by atoms with Crippen LogP contribution in [-0.2, 0) is 16.9 Å². The molecule has 0 unspecified atom stereocenters. The van der Waals surface area contributed by atoms with Gasteiger partial charge in [-0.15, -0.1) is 0 Å². The Bertz CT molecular complexity index is 815. The lowest BCUT2D eigenvalue weighted by Crippen LogP contribution is -2.63. The Hall–Kier alpha value is -1.32. The Balaban J connectivity index is 1.92. The van der Waals surface area contributed by atoms with Crippen molar-refractivity contribution in [3.63, 3.8) is 0 Å². The molecular weight excluding hydrogens is 404 g/mol. The van der Waals surface area contributed by atoms with Crippen molar-refractivity contribution in [2.24, 2.45) is 0 Å². The van der Waals surface area contributed by atoms with Crippen molar-refractivity contribution < 1.29 is 29.9 Å². The molecule has 8 heteroatoms. The number of methoxy groups -OCH3 is 1. The van der Waals surface area contributed by atoms with E-state index in [1.807, 2.05) is 24.3 Å². The molecule has 0 aromatic heterocycles. The number of aliphatic hydroxyl groups is 4.